The maximum absolute atomic E-state index is 12.7. The number of carbonyl (C=O) groups excluding carboxylic acids is 2. The second-order valence-electron chi connectivity index (χ2n) is 9.44. The minimum absolute atomic E-state index is 0.183. The molecule has 1 aliphatic heterocycles. The molecule has 7 heteroatoms. The zero-order valence-electron chi connectivity index (χ0n) is 19.8. The van der Waals surface area contributed by atoms with Crippen molar-refractivity contribution in [1.82, 2.24) is 9.80 Å². The van der Waals surface area contributed by atoms with Gasteiger partial charge >= 0.3 is 12.1 Å². The number of methoxy groups -OCH3 is 1. The van der Waals surface area contributed by atoms with Gasteiger partial charge in [-0.05, 0) is 69.0 Å². The number of carbonyl (C=O) groups is 2. The summed E-state index contributed by atoms with van der Waals surface area (Å²) in [6.45, 7) is 8.39. The highest BCUT2D eigenvalue weighted by Gasteiger charge is 2.30. The van der Waals surface area contributed by atoms with E-state index in [2.05, 4.69) is 4.90 Å². The fraction of sp³-hybridized carbons (Fsp3) is 0.462. The average Bonchev–Trinajstić information content (AvgIpc) is 2.79. The van der Waals surface area contributed by atoms with Crippen LogP contribution in [0, 0.1) is 0 Å². The van der Waals surface area contributed by atoms with Crippen LogP contribution in [-0.2, 0) is 22.6 Å². The van der Waals surface area contributed by atoms with Gasteiger partial charge in [-0.2, -0.15) is 0 Å². The van der Waals surface area contributed by atoms with Crippen LogP contribution in [0.15, 0.2) is 48.5 Å². The third kappa shape index (κ3) is 7.47. The van der Waals surface area contributed by atoms with Crippen LogP contribution in [0.2, 0.25) is 5.02 Å². The van der Waals surface area contributed by atoms with E-state index in [0.717, 1.165) is 30.5 Å². The topological polar surface area (TPSA) is 59.1 Å². The molecule has 3 rings (SSSR count). The molecule has 2 aromatic carbocycles. The van der Waals surface area contributed by atoms with Crippen molar-refractivity contribution in [3.05, 3.63) is 70.2 Å². The lowest BCUT2D eigenvalue weighted by atomic mass is 10.0. The summed E-state index contributed by atoms with van der Waals surface area (Å²) in [5.41, 5.74) is 2.25. The molecule has 1 unspecified atom stereocenters. The van der Waals surface area contributed by atoms with Crippen LogP contribution in [0.4, 0.5) is 4.79 Å². The van der Waals surface area contributed by atoms with E-state index in [0.29, 0.717) is 30.2 Å². The second-order valence-corrected chi connectivity index (χ2v) is 9.88. The lowest BCUT2D eigenvalue weighted by Crippen LogP contribution is -2.50. The first-order valence-corrected chi connectivity index (χ1v) is 11.7. The molecule has 6 nitrogen and oxygen atoms in total. The third-order valence-electron chi connectivity index (χ3n) is 5.62. The van der Waals surface area contributed by atoms with Gasteiger partial charge in [-0.15, -0.1) is 0 Å². The van der Waals surface area contributed by atoms with Crippen molar-refractivity contribution in [2.75, 3.05) is 20.2 Å². The van der Waals surface area contributed by atoms with Crippen LogP contribution >= 0.6 is 11.6 Å². The quantitative estimate of drug-likeness (QED) is 0.517. The van der Waals surface area contributed by atoms with E-state index in [9.17, 15) is 9.59 Å². The molecule has 2 aromatic rings. The van der Waals surface area contributed by atoms with Gasteiger partial charge < -0.3 is 14.4 Å². The molecule has 0 aliphatic carbocycles. The van der Waals surface area contributed by atoms with Gasteiger partial charge in [0.25, 0.3) is 0 Å². The Morgan fingerprint density at radius 1 is 1.03 bits per heavy atom. The number of piperidine rings is 1. The number of hydrogen-bond donors (Lipinski definition) is 0. The normalized spacial score (nSPS) is 16.5. The Labute approximate surface area is 201 Å². The van der Waals surface area contributed by atoms with E-state index in [-0.39, 0.29) is 18.1 Å². The molecular formula is C26H33ClN2O4. The van der Waals surface area contributed by atoms with E-state index in [1.165, 1.54) is 7.11 Å². The summed E-state index contributed by atoms with van der Waals surface area (Å²) in [5.74, 6) is -0.347. The molecule has 1 atom stereocenters. The zero-order valence-corrected chi connectivity index (χ0v) is 20.6. The predicted molar refractivity (Wildman–Crippen MR) is 129 cm³/mol. The number of likely N-dealkylation sites (tertiary alicyclic amines) is 1. The summed E-state index contributed by atoms with van der Waals surface area (Å²) >= 11 is 6.08. The Hall–Kier alpha value is -2.57. The monoisotopic (exact) mass is 472 g/mol. The highest BCUT2D eigenvalue weighted by Crippen LogP contribution is 2.23. The summed E-state index contributed by atoms with van der Waals surface area (Å²) in [4.78, 5) is 28.7. The van der Waals surface area contributed by atoms with Gasteiger partial charge in [0.05, 0.1) is 12.7 Å². The fourth-order valence-electron chi connectivity index (χ4n) is 3.98. The van der Waals surface area contributed by atoms with Gasteiger partial charge in [0.1, 0.15) is 5.60 Å². The van der Waals surface area contributed by atoms with E-state index in [4.69, 9.17) is 21.1 Å². The molecule has 0 N–H and O–H groups in total. The van der Waals surface area contributed by atoms with Crippen LogP contribution in [0.3, 0.4) is 0 Å². The molecule has 0 radical (unpaired) electrons. The predicted octanol–water partition coefficient (Wildman–Crippen LogP) is 5.53. The van der Waals surface area contributed by atoms with Gasteiger partial charge in [0.15, 0.2) is 0 Å². The molecule has 1 heterocycles. The second kappa shape index (κ2) is 11.0. The van der Waals surface area contributed by atoms with Gasteiger partial charge in [0.2, 0.25) is 0 Å². The third-order valence-corrected chi connectivity index (χ3v) is 5.88. The Bertz CT molecular complexity index is 938. The standard InChI is InChI=1S/C26H33ClN2O4/c1-26(2,3)33-25(31)28-15-5-6-23(18-28)29(17-20-9-13-22(27)14-10-20)16-19-7-11-21(12-8-19)24(30)32-4/h7-14,23H,5-6,15-18H2,1-4H3. The summed E-state index contributed by atoms with van der Waals surface area (Å²) in [7, 11) is 1.38. The van der Waals surface area contributed by atoms with Crippen LogP contribution in [0.25, 0.3) is 0 Å². The molecule has 0 saturated carbocycles. The van der Waals surface area contributed by atoms with Crippen molar-refractivity contribution in [1.29, 1.82) is 0 Å². The minimum Gasteiger partial charge on any atom is -0.465 e. The van der Waals surface area contributed by atoms with Crippen molar-refractivity contribution < 1.29 is 19.1 Å². The Kier molecular flexibility index (Phi) is 8.38. The lowest BCUT2D eigenvalue weighted by Gasteiger charge is -2.40. The summed E-state index contributed by atoms with van der Waals surface area (Å²) in [6.07, 6.45) is 1.65. The van der Waals surface area contributed by atoms with Crippen LogP contribution in [0.1, 0.15) is 55.1 Å². The number of hydrogen-bond acceptors (Lipinski definition) is 5. The Balaban J connectivity index is 1.78. The molecule has 1 aliphatic rings. The van der Waals surface area contributed by atoms with Gasteiger partial charge in [-0.25, -0.2) is 9.59 Å². The summed E-state index contributed by atoms with van der Waals surface area (Å²) in [6, 6.07) is 15.5. The highest BCUT2D eigenvalue weighted by molar-refractivity contribution is 6.30. The van der Waals surface area contributed by atoms with Crippen molar-refractivity contribution in [3.8, 4) is 0 Å². The first-order valence-electron chi connectivity index (χ1n) is 11.3. The highest BCUT2D eigenvalue weighted by atomic mass is 35.5. The number of amides is 1. The smallest absolute Gasteiger partial charge is 0.410 e. The SMILES string of the molecule is COC(=O)c1ccc(CN(Cc2ccc(Cl)cc2)C2CCCN(C(=O)OC(C)(C)C)C2)cc1. The maximum atomic E-state index is 12.7. The molecule has 1 amide bonds. The molecule has 0 bridgehead atoms. The Morgan fingerprint density at radius 3 is 2.15 bits per heavy atom. The van der Waals surface area contributed by atoms with Crippen LogP contribution < -0.4 is 0 Å². The summed E-state index contributed by atoms with van der Waals surface area (Å²) in [5, 5.41) is 0.706. The van der Waals surface area contributed by atoms with Crippen molar-refractivity contribution >= 4 is 23.7 Å². The molecule has 1 fully saturated rings. The number of rotatable bonds is 6. The van der Waals surface area contributed by atoms with Gasteiger partial charge in [-0.1, -0.05) is 35.9 Å². The molecule has 1 saturated heterocycles. The van der Waals surface area contributed by atoms with Gasteiger partial charge in [0, 0.05) is 37.2 Å². The zero-order chi connectivity index (χ0) is 24.0. The number of benzene rings is 2. The molecule has 0 spiro atoms. The number of esters is 1. The summed E-state index contributed by atoms with van der Waals surface area (Å²) < 4.78 is 10.4. The lowest BCUT2D eigenvalue weighted by molar-refractivity contribution is 0.00892. The molecule has 178 valence electrons. The van der Waals surface area contributed by atoms with E-state index in [1.807, 2.05) is 62.1 Å². The first-order chi connectivity index (χ1) is 15.6. The Morgan fingerprint density at radius 2 is 1.61 bits per heavy atom. The van der Waals surface area contributed by atoms with Crippen molar-refractivity contribution in [2.24, 2.45) is 0 Å². The van der Waals surface area contributed by atoms with E-state index in [1.54, 1.807) is 12.1 Å². The van der Waals surface area contributed by atoms with Crippen LogP contribution in [-0.4, -0.2) is 53.7 Å². The van der Waals surface area contributed by atoms with Crippen molar-refractivity contribution in [2.45, 2.75) is 58.3 Å². The number of halogens is 1. The van der Waals surface area contributed by atoms with E-state index >= 15 is 0 Å². The average molecular weight is 473 g/mol. The number of ether oxygens (including phenoxy) is 2. The molecule has 33 heavy (non-hydrogen) atoms. The fourth-order valence-corrected chi connectivity index (χ4v) is 4.11. The van der Waals surface area contributed by atoms with Gasteiger partial charge in [-0.3, -0.25) is 4.90 Å². The van der Waals surface area contributed by atoms with Crippen molar-refractivity contribution in [3.63, 3.8) is 0 Å². The van der Waals surface area contributed by atoms with Crippen LogP contribution in [0.5, 0.6) is 0 Å². The molecule has 0 aromatic heterocycles. The minimum atomic E-state index is -0.519. The van der Waals surface area contributed by atoms with E-state index < -0.39 is 5.60 Å². The largest absolute Gasteiger partial charge is 0.465 e. The maximum Gasteiger partial charge on any atom is 0.410 e. The number of nitrogens with zero attached hydrogens (tertiary/aromatic N) is 2. The first kappa shape index (κ1) is 25.1. The molecular weight excluding hydrogens is 440 g/mol.